The van der Waals surface area contributed by atoms with E-state index in [1.165, 1.54) is 6.20 Å². The zero-order chi connectivity index (χ0) is 22.9. The van der Waals surface area contributed by atoms with Crippen molar-refractivity contribution in [2.24, 2.45) is 0 Å². The molecule has 0 saturated carbocycles. The van der Waals surface area contributed by atoms with Crippen LogP contribution in [0.2, 0.25) is 0 Å². The van der Waals surface area contributed by atoms with Gasteiger partial charge in [-0.25, -0.2) is 4.52 Å². The number of likely N-dealkylation sites (N-methyl/N-ethyl adjacent to an activating group) is 1. The maximum Gasteiger partial charge on any atom is 0.333 e. The molecule has 1 fully saturated rings. The molecule has 1 saturated heterocycles. The van der Waals surface area contributed by atoms with Crippen molar-refractivity contribution >= 4 is 17.2 Å². The molecule has 4 aromatic rings. The number of rotatable bonds is 8. The number of hydrogen-bond acceptors (Lipinski definition) is 7. The summed E-state index contributed by atoms with van der Waals surface area (Å²) in [5, 5.41) is 19.5. The van der Waals surface area contributed by atoms with Gasteiger partial charge in [-0.05, 0) is 44.2 Å². The first kappa shape index (κ1) is 21.3. The number of fused-ring (bicyclic) bond motifs is 1. The average molecular weight is 454 g/mol. The summed E-state index contributed by atoms with van der Waals surface area (Å²) in [5.41, 5.74) is 2.35. The van der Waals surface area contributed by atoms with Crippen molar-refractivity contribution in [2.75, 3.05) is 25.0 Å². The lowest BCUT2D eigenvalue weighted by atomic mass is 10.0. The normalized spacial score (nSPS) is 16.3. The van der Waals surface area contributed by atoms with E-state index in [-0.39, 0.29) is 5.69 Å². The van der Waals surface area contributed by atoms with Gasteiger partial charge in [0.2, 0.25) is 0 Å². The summed E-state index contributed by atoms with van der Waals surface area (Å²) >= 11 is 0. The van der Waals surface area contributed by atoms with Crippen LogP contribution in [0, 0.1) is 6.92 Å². The third-order valence-corrected chi connectivity index (χ3v) is 5.84. The Morgan fingerprint density at radius 1 is 1.18 bits per heavy atom. The number of hydrogen-bond donors (Lipinski definition) is 1. The Balaban J connectivity index is 1.42. The smallest absolute Gasteiger partial charge is 0.333 e. The molecule has 0 aromatic carbocycles. The third kappa shape index (κ3) is 4.23. The Labute approximate surface area is 189 Å². The van der Waals surface area contributed by atoms with Gasteiger partial charge in [-0.3, -0.25) is 4.90 Å². The highest BCUT2D eigenvalue weighted by Gasteiger charge is 2.28. The fraction of sp³-hybridized carbons (Fsp3) is 0.364. The molecule has 0 radical (unpaired) electrons. The molecule has 1 N–H and O–H groups in total. The molecule has 1 atom stereocenters. The highest BCUT2D eigenvalue weighted by molar-refractivity contribution is 5.72. The summed E-state index contributed by atoms with van der Waals surface area (Å²) in [6, 6.07) is 9.27. The highest BCUT2D eigenvalue weighted by Crippen LogP contribution is 2.34. The predicted molar refractivity (Wildman–Crippen MR) is 119 cm³/mol. The fourth-order valence-corrected chi connectivity index (χ4v) is 3.96. The van der Waals surface area contributed by atoms with E-state index in [4.69, 9.17) is 4.74 Å². The van der Waals surface area contributed by atoms with Crippen LogP contribution in [0.25, 0.3) is 16.8 Å². The van der Waals surface area contributed by atoms with E-state index < -0.39 is 6.55 Å². The van der Waals surface area contributed by atoms with Crippen LogP contribution in [0.4, 0.5) is 20.4 Å². The monoisotopic (exact) mass is 454 g/mol. The van der Waals surface area contributed by atoms with Gasteiger partial charge in [0, 0.05) is 30.4 Å². The minimum Gasteiger partial charge on any atom is -0.488 e. The molecule has 5 heterocycles. The van der Waals surface area contributed by atoms with Crippen LogP contribution >= 0.6 is 0 Å². The molecule has 0 aliphatic carbocycles. The number of nitrogens with zero attached hydrogens (tertiary/aromatic N) is 7. The second-order valence-electron chi connectivity index (χ2n) is 7.96. The molecule has 172 valence electrons. The van der Waals surface area contributed by atoms with E-state index in [1.54, 1.807) is 22.8 Å². The van der Waals surface area contributed by atoms with Gasteiger partial charge in [0.15, 0.2) is 17.4 Å². The van der Waals surface area contributed by atoms with Crippen LogP contribution in [-0.2, 0) is 0 Å². The Bertz CT molecular complexity index is 1250. The second kappa shape index (κ2) is 8.74. The third-order valence-electron chi connectivity index (χ3n) is 5.84. The van der Waals surface area contributed by atoms with E-state index in [9.17, 15) is 8.78 Å². The Morgan fingerprint density at radius 2 is 2.06 bits per heavy atom. The molecule has 0 amide bonds. The predicted octanol–water partition coefficient (Wildman–Crippen LogP) is 3.91. The highest BCUT2D eigenvalue weighted by atomic mass is 19.3. The van der Waals surface area contributed by atoms with E-state index in [2.05, 4.69) is 37.5 Å². The van der Waals surface area contributed by atoms with Gasteiger partial charge < -0.3 is 10.1 Å². The molecule has 1 aliphatic rings. The van der Waals surface area contributed by atoms with Gasteiger partial charge in [-0.15, -0.1) is 5.10 Å². The van der Waals surface area contributed by atoms with Crippen molar-refractivity contribution in [2.45, 2.75) is 32.9 Å². The van der Waals surface area contributed by atoms with Crippen molar-refractivity contribution < 1.29 is 13.5 Å². The number of likely N-dealkylation sites (tertiary alicyclic amines) is 1. The Hall–Kier alpha value is -3.60. The zero-order valence-electron chi connectivity index (χ0n) is 18.3. The van der Waals surface area contributed by atoms with Crippen LogP contribution in [0.1, 0.15) is 25.6 Å². The molecular weight excluding hydrogens is 430 g/mol. The number of aromatic nitrogens is 6. The molecule has 11 heteroatoms. The van der Waals surface area contributed by atoms with E-state index in [0.29, 0.717) is 40.3 Å². The minimum atomic E-state index is -2.79. The first-order chi connectivity index (χ1) is 16.0. The summed E-state index contributed by atoms with van der Waals surface area (Å²) in [6.07, 6.45) is 4.11. The van der Waals surface area contributed by atoms with Crippen LogP contribution < -0.4 is 10.1 Å². The van der Waals surface area contributed by atoms with Crippen molar-refractivity contribution in [1.29, 1.82) is 0 Å². The van der Waals surface area contributed by atoms with Gasteiger partial charge >= 0.3 is 6.55 Å². The first-order valence-corrected chi connectivity index (χ1v) is 10.8. The lowest BCUT2D eigenvalue weighted by Gasteiger charge is -2.39. The molecule has 0 bridgehead atoms. The van der Waals surface area contributed by atoms with E-state index >= 15 is 0 Å². The van der Waals surface area contributed by atoms with Gasteiger partial charge in [-0.2, -0.15) is 28.8 Å². The summed E-state index contributed by atoms with van der Waals surface area (Å²) < 4.78 is 35.7. The second-order valence-corrected chi connectivity index (χ2v) is 7.96. The Morgan fingerprint density at radius 3 is 2.76 bits per heavy atom. The van der Waals surface area contributed by atoms with Gasteiger partial charge in [-0.1, -0.05) is 6.92 Å². The Kier molecular flexibility index (Phi) is 5.63. The van der Waals surface area contributed by atoms with Gasteiger partial charge in [0.05, 0.1) is 17.4 Å². The fourth-order valence-electron chi connectivity index (χ4n) is 3.96. The number of pyridine rings is 1. The molecule has 9 nitrogen and oxygen atoms in total. The van der Waals surface area contributed by atoms with Crippen molar-refractivity contribution in [3.05, 3.63) is 48.4 Å². The lowest BCUT2D eigenvalue weighted by Crippen LogP contribution is -2.50. The zero-order valence-corrected chi connectivity index (χ0v) is 18.3. The molecular formula is C22H24F2N8O. The maximum absolute atomic E-state index is 13.7. The quantitative estimate of drug-likeness (QED) is 0.432. The van der Waals surface area contributed by atoms with Crippen LogP contribution in [0.5, 0.6) is 5.75 Å². The van der Waals surface area contributed by atoms with E-state index in [1.807, 2.05) is 25.1 Å². The SMILES string of the molecule is CCN1CC[C@@H]1COc1cnn(C(F)F)c1-c1ccn2nc(Nc3ccc(C)nn3)cc2c1. The standard InChI is InChI=1S/C22H24F2N8O/c1-3-30-8-7-16(30)13-33-18-12-25-32(22(23)24)21(18)15-6-9-31-17(10-15)11-20(29-31)26-19-5-4-14(2)27-28-19/h4-6,9-12,16,22H,3,7-8,13H2,1-2H3,(H,26,28,29)/t16-/m1/s1. The summed E-state index contributed by atoms with van der Waals surface area (Å²) in [7, 11) is 0. The molecule has 0 unspecified atom stereocenters. The molecule has 33 heavy (non-hydrogen) atoms. The van der Waals surface area contributed by atoms with Gasteiger partial charge in [0.1, 0.15) is 12.3 Å². The molecule has 5 rings (SSSR count). The van der Waals surface area contributed by atoms with Gasteiger partial charge in [0.25, 0.3) is 0 Å². The number of alkyl halides is 2. The van der Waals surface area contributed by atoms with E-state index in [0.717, 1.165) is 30.7 Å². The average Bonchev–Trinajstić information content (AvgIpc) is 3.38. The summed E-state index contributed by atoms with van der Waals surface area (Å²) in [6.45, 7) is 3.59. The van der Waals surface area contributed by atoms with Crippen molar-refractivity contribution in [3.63, 3.8) is 0 Å². The molecule has 1 aliphatic heterocycles. The minimum absolute atomic E-state index is 0.245. The van der Waals surface area contributed by atoms with Crippen molar-refractivity contribution in [3.8, 4) is 17.0 Å². The van der Waals surface area contributed by atoms with Crippen LogP contribution in [-0.4, -0.2) is 60.2 Å². The summed E-state index contributed by atoms with van der Waals surface area (Å²) in [5.74, 6) is 1.47. The van der Waals surface area contributed by atoms with Crippen LogP contribution in [0.3, 0.4) is 0 Å². The number of anilines is 2. The largest absolute Gasteiger partial charge is 0.488 e. The first-order valence-electron chi connectivity index (χ1n) is 10.8. The topological polar surface area (TPSA) is 85.4 Å². The number of ether oxygens (including phenoxy) is 1. The molecule has 0 spiro atoms. The maximum atomic E-state index is 13.7. The van der Waals surface area contributed by atoms with Crippen LogP contribution in [0.15, 0.2) is 42.7 Å². The number of halogens is 2. The molecule has 4 aromatic heterocycles. The lowest BCUT2D eigenvalue weighted by molar-refractivity contribution is 0.0535. The van der Waals surface area contributed by atoms with Crippen molar-refractivity contribution in [1.82, 2.24) is 34.5 Å². The number of aryl methyl sites for hydroxylation is 1. The summed E-state index contributed by atoms with van der Waals surface area (Å²) in [4.78, 5) is 2.29. The number of nitrogens with one attached hydrogen (secondary N) is 1.